The van der Waals surface area contributed by atoms with Gasteiger partial charge in [-0.25, -0.2) is 12.8 Å². The number of hydrogen-bond acceptors (Lipinski definition) is 5. The van der Waals surface area contributed by atoms with Crippen molar-refractivity contribution in [3.8, 4) is 0 Å². The molecule has 3 aromatic rings. The minimum atomic E-state index is -3.89. The number of hydrogen-bond donors (Lipinski definition) is 1. The van der Waals surface area contributed by atoms with Gasteiger partial charge in [0.25, 0.3) is 0 Å². The van der Waals surface area contributed by atoms with Gasteiger partial charge in [0.1, 0.15) is 11.9 Å². The van der Waals surface area contributed by atoms with Crippen LogP contribution in [0.2, 0.25) is 5.02 Å². The molecule has 0 bridgehead atoms. The maximum atomic E-state index is 13.6. The van der Waals surface area contributed by atoms with E-state index in [2.05, 4.69) is 5.32 Å². The lowest BCUT2D eigenvalue weighted by atomic mass is 10.1. The van der Waals surface area contributed by atoms with Crippen LogP contribution in [0, 0.1) is 5.82 Å². The summed E-state index contributed by atoms with van der Waals surface area (Å²) in [5, 5.41) is 2.48. The molecule has 0 radical (unpaired) electrons. The number of halogens is 2. The number of rotatable bonds is 7. The number of aryl methyl sites for hydroxylation is 1. The van der Waals surface area contributed by atoms with Crippen molar-refractivity contribution in [1.82, 2.24) is 4.57 Å². The topological polar surface area (TPSA) is 88.5 Å². The van der Waals surface area contributed by atoms with Crippen molar-refractivity contribution < 1.29 is 17.6 Å². The van der Waals surface area contributed by atoms with E-state index < -0.39 is 27.8 Å². The van der Waals surface area contributed by atoms with Crippen LogP contribution in [0.15, 0.2) is 41.2 Å². The molecule has 3 rings (SSSR count). The van der Waals surface area contributed by atoms with Crippen LogP contribution in [-0.2, 0) is 21.4 Å². The van der Waals surface area contributed by atoms with Crippen molar-refractivity contribution in [2.75, 3.05) is 15.9 Å². The van der Waals surface area contributed by atoms with E-state index in [0.29, 0.717) is 16.9 Å². The molecule has 0 fully saturated rings. The Bertz CT molecular complexity index is 1300. The number of carbonyl (C=O) groups excluding carboxylic acids is 1. The molecular formula is C20H21ClFN3O4S2. The van der Waals surface area contributed by atoms with E-state index >= 15 is 0 Å². The number of aromatic nitrogens is 1. The highest BCUT2D eigenvalue weighted by atomic mass is 35.5. The maximum absolute atomic E-state index is 13.6. The smallest absolute Gasteiger partial charge is 0.308 e. The quantitative estimate of drug-likeness (QED) is 0.546. The summed E-state index contributed by atoms with van der Waals surface area (Å²) in [5.74, 6) is -1.25. The second-order valence-electron chi connectivity index (χ2n) is 6.87. The molecule has 0 aliphatic heterocycles. The van der Waals surface area contributed by atoms with Gasteiger partial charge in [0.2, 0.25) is 15.9 Å². The van der Waals surface area contributed by atoms with E-state index in [-0.39, 0.29) is 22.0 Å². The first-order chi connectivity index (χ1) is 14.6. The van der Waals surface area contributed by atoms with Crippen molar-refractivity contribution in [3.63, 3.8) is 0 Å². The third-order valence-corrected chi connectivity index (χ3v) is 7.15. The summed E-state index contributed by atoms with van der Waals surface area (Å²) in [6.45, 7) is 4.08. The van der Waals surface area contributed by atoms with Gasteiger partial charge in [0.05, 0.1) is 27.2 Å². The van der Waals surface area contributed by atoms with Crippen LogP contribution in [0.5, 0.6) is 0 Å². The average Bonchev–Trinajstić information content (AvgIpc) is 3.01. The third-order valence-electron chi connectivity index (χ3n) is 4.74. The number of amides is 1. The minimum absolute atomic E-state index is 0.0876. The molecular weight excluding hydrogens is 465 g/mol. The van der Waals surface area contributed by atoms with Crippen molar-refractivity contribution in [1.29, 1.82) is 0 Å². The Kier molecular flexibility index (Phi) is 6.73. The molecule has 0 saturated heterocycles. The van der Waals surface area contributed by atoms with Gasteiger partial charge >= 0.3 is 4.87 Å². The summed E-state index contributed by atoms with van der Waals surface area (Å²) < 4.78 is 41.9. The number of thiazole rings is 1. The summed E-state index contributed by atoms with van der Waals surface area (Å²) in [6, 6.07) is 7.46. The average molecular weight is 486 g/mol. The fourth-order valence-electron chi connectivity index (χ4n) is 3.35. The molecule has 0 saturated carbocycles. The van der Waals surface area contributed by atoms with Crippen molar-refractivity contribution >= 4 is 60.5 Å². The van der Waals surface area contributed by atoms with Crippen molar-refractivity contribution in [3.05, 3.63) is 56.9 Å². The zero-order chi connectivity index (χ0) is 22.9. The molecule has 1 heterocycles. The first-order valence-corrected chi connectivity index (χ1v) is 12.5. The summed E-state index contributed by atoms with van der Waals surface area (Å²) >= 11 is 6.89. The third kappa shape index (κ3) is 4.76. The van der Waals surface area contributed by atoms with Crippen LogP contribution >= 0.6 is 22.9 Å². The number of anilines is 2. The number of sulfonamides is 1. The van der Waals surface area contributed by atoms with E-state index in [1.54, 1.807) is 29.7 Å². The van der Waals surface area contributed by atoms with Gasteiger partial charge in [-0.15, -0.1) is 0 Å². The van der Waals surface area contributed by atoms with Crippen LogP contribution in [0.3, 0.4) is 0 Å². The Hall–Kier alpha value is -2.43. The van der Waals surface area contributed by atoms with E-state index in [4.69, 9.17) is 11.6 Å². The van der Waals surface area contributed by atoms with Gasteiger partial charge in [0.15, 0.2) is 0 Å². The number of benzene rings is 2. The Morgan fingerprint density at radius 3 is 2.55 bits per heavy atom. The van der Waals surface area contributed by atoms with Gasteiger partial charge in [-0.1, -0.05) is 29.9 Å². The molecule has 31 heavy (non-hydrogen) atoms. The highest BCUT2D eigenvalue weighted by Gasteiger charge is 2.32. The van der Waals surface area contributed by atoms with Gasteiger partial charge in [-0.2, -0.15) is 0 Å². The molecule has 1 atom stereocenters. The number of nitrogens with one attached hydrogen (secondary N) is 1. The summed E-state index contributed by atoms with van der Waals surface area (Å²) in [7, 11) is -3.89. The lowest BCUT2D eigenvalue weighted by Crippen LogP contribution is -2.47. The van der Waals surface area contributed by atoms with Crippen LogP contribution in [0.1, 0.15) is 20.3 Å². The van der Waals surface area contributed by atoms with E-state index in [9.17, 15) is 22.4 Å². The molecule has 1 amide bonds. The second kappa shape index (κ2) is 8.97. The predicted molar refractivity (Wildman–Crippen MR) is 123 cm³/mol. The molecule has 1 aromatic heterocycles. The van der Waals surface area contributed by atoms with Gasteiger partial charge < -0.3 is 5.32 Å². The van der Waals surface area contributed by atoms with Crippen molar-refractivity contribution in [2.45, 2.75) is 32.9 Å². The Balaban J connectivity index is 1.95. The lowest BCUT2D eigenvalue weighted by Gasteiger charge is -2.30. The Labute approximate surface area is 188 Å². The van der Waals surface area contributed by atoms with E-state index in [0.717, 1.165) is 33.5 Å². The Morgan fingerprint density at radius 1 is 1.26 bits per heavy atom. The summed E-state index contributed by atoms with van der Waals surface area (Å²) in [5.41, 5.74) is 1.29. The first-order valence-electron chi connectivity index (χ1n) is 9.45. The standard InChI is InChI=1S/C20H21ClFN3O4S2/c1-4-16(25(31(3,28)29)13-7-8-15(22)14(21)11-13)19(26)23-12-6-9-17-18(10-12)30-20(27)24(17)5-2/h6-11,16H,4-5H2,1-3H3,(H,23,26)/t16-/m1/s1. The second-order valence-corrected chi connectivity index (χ2v) is 10.1. The molecule has 0 unspecified atom stereocenters. The molecule has 166 valence electrons. The largest absolute Gasteiger partial charge is 0.324 e. The lowest BCUT2D eigenvalue weighted by molar-refractivity contribution is -0.117. The molecule has 1 N–H and O–H groups in total. The van der Waals surface area contributed by atoms with Gasteiger partial charge in [0, 0.05) is 12.2 Å². The van der Waals surface area contributed by atoms with Crippen LogP contribution < -0.4 is 14.5 Å². The first kappa shape index (κ1) is 23.2. The van der Waals surface area contributed by atoms with E-state index in [1.165, 1.54) is 12.1 Å². The number of fused-ring (bicyclic) bond motifs is 1. The normalized spacial score (nSPS) is 12.7. The van der Waals surface area contributed by atoms with Gasteiger partial charge in [-0.05, 0) is 49.7 Å². The summed E-state index contributed by atoms with van der Waals surface area (Å²) in [4.78, 5) is 25.0. The summed E-state index contributed by atoms with van der Waals surface area (Å²) in [6.07, 6.45) is 1.13. The zero-order valence-corrected chi connectivity index (χ0v) is 19.4. The predicted octanol–water partition coefficient (Wildman–Crippen LogP) is 4.06. The molecule has 0 aliphatic carbocycles. The fraction of sp³-hybridized carbons (Fsp3) is 0.300. The minimum Gasteiger partial charge on any atom is -0.324 e. The SMILES string of the molecule is CC[C@H](C(=O)Nc1ccc2c(c1)sc(=O)n2CC)N(c1ccc(F)c(Cl)c1)S(C)(=O)=O. The van der Waals surface area contributed by atoms with Gasteiger partial charge in [-0.3, -0.25) is 18.5 Å². The zero-order valence-electron chi connectivity index (χ0n) is 17.1. The van der Waals surface area contributed by atoms with Crippen LogP contribution in [-0.4, -0.2) is 31.2 Å². The molecule has 7 nitrogen and oxygen atoms in total. The highest BCUT2D eigenvalue weighted by Crippen LogP contribution is 2.28. The molecule has 11 heteroatoms. The number of nitrogens with zero attached hydrogens (tertiary/aromatic N) is 2. The highest BCUT2D eigenvalue weighted by molar-refractivity contribution is 7.92. The molecule has 0 aliphatic rings. The molecule has 0 spiro atoms. The van der Waals surface area contributed by atoms with Crippen LogP contribution in [0.25, 0.3) is 10.2 Å². The maximum Gasteiger partial charge on any atom is 0.308 e. The van der Waals surface area contributed by atoms with Crippen LogP contribution in [0.4, 0.5) is 15.8 Å². The Morgan fingerprint density at radius 2 is 1.97 bits per heavy atom. The number of carbonyl (C=O) groups is 1. The fourth-order valence-corrected chi connectivity index (χ4v) is 5.72. The monoisotopic (exact) mass is 485 g/mol. The molecule has 2 aromatic carbocycles. The van der Waals surface area contributed by atoms with Crippen molar-refractivity contribution in [2.24, 2.45) is 0 Å². The van der Waals surface area contributed by atoms with E-state index in [1.807, 2.05) is 6.92 Å².